The first-order chi connectivity index (χ1) is 12.3. The predicted octanol–water partition coefficient (Wildman–Crippen LogP) is 7.09. The van der Waals surface area contributed by atoms with Gasteiger partial charge in [-0.3, -0.25) is 0 Å². The minimum Gasteiger partial charge on any atom is -0.506 e. The third kappa shape index (κ3) is 4.30. The molecule has 0 radical (unpaired) electrons. The maximum absolute atomic E-state index is 9.59. The molecule has 3 rings (SSSR count). The number of hydrogen-bond acceptors (Lipinski definition) is 3. The molecule has 134 valence electrons. The Morgan fingerprint density at radius 2 is 1.27 bits per heavy atom. The van der Waals surface area contributed by atoms with Crippen LogP contribution in [0.1, 0.15) is 11.1 Å². The van der Waals surface area contributed by atoms with Gasteiger partial charge in [-0.25, -0.2) is 0 Å². The largest absolute Gasteiger partial charge is 0.506 e. The van der Waals surface area contributed by atoms with Crippen LogP contribution in [0.15, 0.2) is 48.5 Å². The number of phenols is 2. The summed E-state index contributed by atoms with van der Waals surface area (Å²) in [5, 5.41) is 20.0. The van der Waals surface area contributed by atoms with E-state index in [1.54, 1.807) is 30.3 Å². The number of hydrogen-bond donors (Lipinski definition) is 2. The summed E-state index contributed by atoms with van der Waals surface area (Å²) in [5.74, 6) is 0.632. The lowest BCUT2D eigenvalue weighted by Gasteiger charge is -2.11. The third-order valence-electron chi connectivity index (χ3n) is 3.63. The van der Waals surface area contributed by atoms with Crippen LogP contribution in [0.2, 0.25) is 20.1 Å². The maximum atomic E-state index is 9.59. The lowest BCUT2D eigenvalue weighted by atomic mass is 10.0. The Balaban J connectivity index is 1.80. The highest BCUT2D eigenvalue weighted by Gasteiger charge is 2.11. The van der Waals surface area contributed by atoms with Crippen LogP contribution in [0.5, 0.6) is 23.0 Å². The molecule has 0 saturated carbocycles. The smallest absolute Gasteiger partial charge is 0.153 e. The van der Waals surface area contributed by atoms with Gasteiger partial charge in [-0.1, -0.05) is 58.5 Å². The molecule has 3 nitrogen and oxygen atoms in total. The van der Waals surface area contributed by atoms with Crippen molar-refractivity contribution in [3.63, 3.8) is 0 Å². The van der Waals surface area contributed by atoms with Gasteiger partial charge >= 0.3 is 0 Å². The zero-order valence-corrected chi connectivity index (χ0v) is 16.2. The predicted molar refractivity (Wildman–Crippen MR) is 106 cm³/mol. The molecule has 0 aromatic heterocycles. The minimum atomic E-state index is -0.199. The molecule has 26 heavy (non-hydrogen) atoms. The van der Waals surface area contributed by atoms with Crippen LogP contribution in [0.4, 0.5) is 0 Å². The summed E-state index contributed by atoms with van der Waals surface area (Å²) in [6.07, 6.45) is 0.594. The fourth-order valence-corrected chi connectivity index (χ4v) is 3.27. The first kappa shape index (κ1) is 19.0. The van der Waals surface area contributed by atoms with Gasteiger partial charge in [0.2, 0.25) is 0 Å². The van der Waals surface area contributed by atoms with Crippen molar-refractivity contribution in [2.45, 2.75) is 6.42 Å². The molecule has 0 heterocycles. The van der Waals surface area contributed by atoms with E-state index in [1.807, 2.05) is 6.07 Å². The zero-order chi connectivity index (χ0) is 18.8. The molecule has 0 unspecified atom stereocenters. The molecule has 0 aliphatic heterocycles. The summed E-state index contributed by atoms with van der Waals surface area (Å²) in [6.45, 7) is 0. The average Bonchev–Trinajstić information content (AvgIpc) is 2.58. The monoisotopic (exact) mass is 428 g/mol. The van der Waals surface area contributed by atoms with Crippen molar-refractivity contribution in [2.24, 2.45) is 0 Å². The first-order valence-electron chi connectivity index (χ1n) is 7.45. The third-order valence-corrected chi connectivity index (χ3v) is 4.81. The van der Waals surface area contributed by atoms with Gasteiger partial charge in [0.25, 0.3) is 0 Å². The van der Waals surface area contributed by atoms with E-state index in [0.717, 1.165) is 11.1 Å². The fourth-order valence-electron chi connectivity index (χ4n) is 2.36. The van der Waals surface area contributed by atoms with Gasteiger partial charge in [-0.15, -0.1) is 0 Å². The van der Waals surface area contributed by atoms with Crippen molar-refractivity contribution in [1.29, 1.82) is 0 Å². The van der Waals surface area contributed by atoms with Crippen LogP contribution in [0.25, 0.3) is 0 Å². The van der Waals surface area contributed by atoms with Crippen LogP contribution in [-0.4, -0.2) is 10.2 Å². The molecular weight excluding hydrogens is 418 g/mol. The molecule has 3 aromatic carbocycles. The Kier molecular flexibility index (Phi) is 5.73. The van der Waals surface area contributed by atoms with Crippen molar-refractivity contribution in [3.05, 3.63) is 79.7 Å². The molecule has 7 heteroatoms. The van der Waals surface area contributed by atoms with Gasteiger partial charge in [0.1, 0.15) is 17.2 Å². The molecule has 0 aliphatic carbocycles. The summed E-state index contributed by atoms with van der Waals surface area (Å²) in [7, 11) is 0. The zero-order valence-electron chi connectivity index (χ0n) is 13.1. The standard InChI is InChI=1S/C19H12Cl4O3/c20-13-6-10(1-3-17(13)24)5-11-2-4-18(14(21)7-11)26-12-8-15(22)19(25)16(23)9-12/h1-4,6-9,24-25H,5H2. The van der Waals surface area contributed by atoms with Gasteiger partial charge in [0, 0.05) is 12.1 Å². The van der Waals surface area contributed by atoms with Crippen LogP contribution in [0, 0.1) is 0 Å². The fraction of sp³-hybridized carbons (Fsp3) is 0.0526. The van der Waals surface area contributed by atoms with Crippen molar-refractivity contribution in [3.8, 4) is 23.0 Å². The number of ether oxygens (including phenoxy) is 1. The molecular formula is C19H12Cl4O3. The summed E-state index contributed by atoms with van der Waals surface area (Å²) in [5.41, 5.74) is 1.89. The first-order valence-corrected chi connectivity index (χ1v) is 8.96. The van der Waals surface area contributed by atoms with Gasteiger partial charge in [-0.2, -0.15) is 0 Å². The van der Waals surface area contributed by atoms with Crippen molar-refractivity contribution in [2.75, 3.05) is 0 Å². The number of rotatable bonds is 4. The van der Waals surface area contributed by atoms with Crippen molar-refractivity contribution < 1.29 is 14.9 Å². The normalized spacial score (nSPS) is 10.8. The molecule has 0 amide bonds. The highest BCUT2D eigenvalue weighted by atomic mass is 35.5. The van der Waals surface area contributed by atoms with E-state index >= 15 is 0 Å². The van der Waals surface area contributed by atoms with E-state index in [1.165, 1.54) is 12.1 Å². The van der Waals surface area contributed by atoms with E-state index in [2.05, 4.69) is 0 Å². The van der Waals surface area contributed by atoms with E-state index in [9.17, 15) is 10.2 Å². The highest BCUT2D eigenvalue weighted by Crippen LogP contribution is 2.38. The molecule has 0 bridgehead atoms. The molecule has 0 fully saturated rings. The van der Waals surface area contributed by atoms with Crippen molar-refractivity contribution in [1.82, 2.24) is 0 Å². The number of benzene rings is 3. The SMILES string of the molecule is Oc1ccc(Cc2ccc(Oc3cc(Cl)c(O)c(Cl)c3)c(Cl)c2)cc1Cl. The van der Waals surface area contributed by atoms with Gasteiger partial charge in [-0.05, 0) is 41.8 Å². The van der Waals surface area contributed by atoms with E-state index in [4.69, 9.17) is 51.1 Å². The molecule has 0 spiro atoms. The van der Waals surface area contributed by atoms with E-state index < -0.39 is 0 Å². The number of phenolic OH excluding ortho intramolecular Hbond substituents is 2. The topological polar surface area (TPSA) is 49.7 Å². The van der Waals surface area contributed by atoms with Crippen LogP contribution < -0.4 is 4.74 Å². The second kappa shape index (κ2) is 7.85. The van der Waals surface area contributed by atoms with Crippen molar-refractivity contribution >= 4 is 46.4 Å². The number of aromatic hydroxyl groups is 2. The molecule has 0 aliphatic rings. The summed E-state index contributed by atoms with van der Waals surface area (Å²) in [6, 6.07) is 13.3. The summed E-state index contributed by atoms with van der Waals surface area (Å²) < 4.78 is 5.70. The van der Waals surface area contributed by atoms with Crippen LogP contribution in [0.3, 0.4) is 0 Å². The van der Waals surface area contributed by atoms with Gasteiger partial charge in [0.15, 0.2) is 5.75 Å². The second-order valence-corrected chi connectivity index (χ2v) is 7.19. The lowest BCUT2D eigenvalue weighted by Crippen LogP contribution is -1.91. The molecule has 3 aromatic rings. The molecule has 0 atom stereocenters. The van der Waals surface area contributed by atoms with Gasteiger partial charge < -0.3 is 14.9 Å². The van der Waals surface area contributed by atoms with E-state index in [-0.39, 0.29) is 21.5 Å². The Morgan fingerprint density at radius 3 is 1.85 bits per heavy atom. The Labute approximate surface area is 170 Å². The number of halogens is 4. The Morgan fingerprint density at radius 1 is 0.692 bits per heavy atom. The Bertz CT molecular complexity index is 950. The molecule has 0 saturated heterocycles. The highest BCUT2D eigenvalue weighted by molar-refractivity contribution is 6.37. The minimum absolute atomic E-state index is 0.0448. The molecule has 2 N–H and O–H groups in total. The second-order valence-electron chi connectivity index (χ2n) is 5.56. The van der Waals surface area contributed by atoms with Gasteiger partial charge in [0.05, 0.1) is 20.1 Å². The van der Waals surface area contributed by atoms with Crippen LogP contribution in [-0.2, 0) is 6.42 Å². The van der Waals surface area contributed by atoms with Crippen LogP contribution >= 0.6 is 46.4 Å². The quantitative estimate of drug-likeness (QED) is 0.465. The summed E-state index contributed by atoms with van der Waals surface area (Å²) >= 11 is 24.0. The average molecular weight is 430 g/mol. The maximum Gasteiger partial charge on any atom is 0.153 e. The van der Waals surface area contributed by atoms with E-state index in [0.29, 0.717) is 28.0 Å². The lowest BCUT2D eigenvalue weighted by molar-refractivity contribution is 0.465. The Hall–Kier alpha value is -1.78. The summed E-state index contributed by atoms with van der Waals surface area (Å²) in [4.78, 5) is 0.